The minimum absolute atomic E-state index is 0.0855. The van der Waals surface area contributed by atoms with Gasteiger partial charge in [-0.15, -0.1) is 0 Å². The van der Waals surface area contributed by atoms with Crippen LogP contribution in [0.1, 0.15) is 11.1 Å². The van der Waals surface area contributed by atoms with Gasteiger partial charge in [0.25, 0.3) is 11.9 Å². The largest absolute Gasteiger partial charge is 0.491 e. The number of para-hydroxylation sites is 2. The second kappa shape index (κ2) is 11.8. The molecule has 0 saturated heterocycles. The first-order valence-electron chi connectivity index (χ1n) is 10.4. The van der Waals surface area contributed by atoms with Crippen molar-refractivity contribution in [3.8, 4) is 11.5 Å². The molecule has 2 aromatic carbocycles. The Morgan fingerprint density at radius 2 is 1.14 bits per heavy atom. The molecule has 0 aliphatic rings. The summed E-state index contributed by atoms with van der Waals surface area (Å²) in [4.78, 5) is 2.23. The van der Waals surface area contributed by atoms with Crippen LogP contribution in [-0.2, 0) is 4.74 Å². The zero-order chi connectivity index (χ0) is 24.3. The summed E-state index contributed by atoms with van der Waals surface area (Å²) >= 11 is 0. The molecule has 0 aliphatic carbocycles. The van der Waals surface area contributed by atoms with Gasteiger partial charge in [0.1, 0.15) is 24.7 Å². The topological polar surface area (TPSA) is 192 Å². The van der Waals surface area contributed by atoms with Crippen LogP contribution in [-0.4, -0.2) is 79.5 Å². The molecule has 2 aromatic heterocycles. The molecular formula is C20H22N12O3. The van der Waals surface area contributed by atoms with Crippen LogP contribution in [0.3, 0.4) is 0 Å². The summed E-state index contributed by atoms with van der Waals surface area (Å²) in [5.74, 6) is 1.45. The summed E-state index contributed by atoms with van der Waals surface area (Å²) in [7, 11) is 0. The van der Waals surface area contributed by atoms with Crippen LogP contribution >= 0.6 is 0 Å². The van der Waals surface area contributed by atoms with Crippen LogP contribution in [0, 0.1) is 0 Å². The average molecular weight is 478 g/mol. The summed E-state index contributed by atoms with van der Waals surface area (Å²) in [6.07, 6.45) is 3.12. The number of anilines is 2. The monoisotopic (exact) mass is 478 g/mol. The quantitative estimate of drug-likeness (QED) is 0.207. The van der Waals surface area contributed by atoms with E-state index in [1.54, 1.807) is 12.4 Å². The van der Waals surface area contributed by atoms with E-state index in [1.807, 2.05) is 48.5 Å². The molecule has 0 amide bonds. The molecule has 4 rings (SSSR count). The van der Waals surface area contributed by atoms with Gasteiger partial charge in [0.2, 0.25) is 0 Å². The number of nitrogens with zero attached hydrogens (tertiary/aromatic N) is 10. The van der Waals surface area contributed by atoms with Crippen LogP contribution in [0.4, 0.5) is 11.9 Å². The second-order valence-corrected chi connectivity index (χ2v) is 6.73. The average Bonchev–Trinajstić information content (AvgIpc) is 3.49. The Bertz CT molecular complexity index is 1190. The molecule has 0 saturated carbocycles. The van der Waals surface area contributed by atoms with Gasteiger partial charge in [-0.2, -0.15) is 10.2 Å². The number of benzene rings is 2. The van der Waals surface area contributed by atoms with Gasteiger partial charge in [-0.05, 0) is 45.1 Å². The number of rotatable bonds is 12. The molecule has 0 fully saturated rings. The smallest absolute Gasteiger partial charge is 0.263 e. The molecule has 4 N–H and O–H groups in total. The second-order valence-electron chi connectivity index (χ2n) is 6.73. The van der Waals surface area contributed by atoms with Crippen LogP contribution in [0.15, 0.2) is 58.7 Å². The lowest BCUT2D eigenvalue weighted by atomic mass is 10.2. The first-order chi connectivity index (χ1) is 17.2. The molecule has 0 aliphatic heterocycles. The normalized spacial score (nSPS) is 11.4. The van der Waals surface area contributed by atoms with Gasteiger partial charge in [-0.25, -0.2) is 0 Å². The molecule has 0 bridgehead atoms. The van der Waals surface area contributed by atoms with E-state index in [1.165, 1.54) is 0 Å². The maximum absolute atomic E-state index is 5.80. The minimum Gasteiger partial charge on any atom is -0.491 e. The Balaban J connectivity index is 1.20. The summed E-state index contributed by atoms with van der Waals surface area (Å²) in [5.41, 5.74) is 12.7. The third-order valence-corrected chi connectivity index (χ3v) is 4.37. The molecule has 0 unspecified atom stereocenters. The van der Waals surface area contributed by atoms with Gasteiger partial charge in [0.15, 0.2) is 0 Å². The standard InChI is InChI=1S/C20H22N12O3/c21-19-25-27-29-31(19)23-13-15-5-1-3-7-17(15)34-11-9-33-10-12-35-18-8-4-2-6-16(18)14-24-32-20(22)26-28-30-32/h1-8,13-14H,9-12H2,(H2,21,25,29)(H2,22,26,30). The van der Waals surface area contributed by atoms with Crippen LogP contribution in [0.2, 0.25) is 0 Å². The van der Waals surface area contributed by atoms with Crippen LogP contribution < -0.4 is 20.9 Å². The fourth-order valence-corrected chi connectivity index (χ4v) is 2.74. The Labute approximate surface area is 199 Å². The fraction of sp³-hybridized carbons (Fsp3) is 0.200. The highest BCUT2D eigenvalue weighted by atomic mass is 16.5. The van der Waals surface area contributed by atoms with E-state index in [9.17, 15) is 0 Å². The molecule has 180 valence electrons. The van der Waals surface area contributed by atoms with Crippen LogP contribution in [0.25, 0.3) is 0 Å². The highest BCUT2D eigenvalue weighted by molar-refractivity contribution is 5.83. The molecule has 2 heterocycles. The minimum atomic E-state index is 0.0855. The Morgan fingerprint density at radius 1 is 0.686 bits per heavy atom. The van der Waals surface area contributed by atoms with Gasteiger partial charge >= 0.3 is 0 Å². The van der Waals surface area contributed by atoms with Crippen LogP contribution in [0.5, 0.6) is 11.5 Å². The Kier molecular flexibility index (Phi) is 7.84. The molecule has 0 atom stereocenters. The Hall–Kier alpha value is -4.92. The molecule has 35 heavy (non-hydrogen) atoms. The van der Waals surface area contributed by atoms with Gasteiger partial charge < -0.3 is 25.7 Å². The van der Waals surface area contributed by atoms with Gasteiger partial charge in [0, 0.05) is 11.1 Å². The third kappa shape index (κ3) is 6.55. The van der Waals surface area contributed by atoms with E-state index in [0.717, 1.165) is 20.7 Å². The number of nitrogen functional groups attached to an aromatic ring is 2. The molecule has 15 heteroatoms. The number of tetrazole rings is 2. The lowest BCUT2D eigenvalue weighted by Crippen LogP contribution is -2.13. The lowest BCUT2D eigenvalue weighted by Gasteiger charge is -2.11. The van der Waals surface area contributed by atoms with Crippen molar-refractivity contribution in [2.24, 2.45) is 10.2 Å². The molecular weight excluding hydrogens is 456 g/mol. The zero-order valence-electron chi connectivity index (χ0n) is 18.5. The van der Waals surface area contributed by atoms with Gasteiger partial charge in [-0.1, -0.05) is 44.0 Å². The van der Waals surface area contributed by atoms with E-state index in [2.05, 4.69) is 41.3 Å². The predicted molar refractivity (Wildman–Crippen MR) is 125 cm³/mol. The number of aromatic nitrogens is 8. The van der Waals surface area contributed by atoms with Crippen molar-refractivity contribution in [3.63, 3.8) is 0 Å². The zero-order valence-corrected chi connectivity index (χ0v) is 18.5. The molecule has 0 spiro atoms. The van der Waals surface area contributed by atoms with E-state index >= 15 is 0 Å². The van der Waals surface area contributed by atoms with E-state index in [0.29, 0.717) is 37.9 Å². The van der Waals surface area contributed by atoms with Gasteiger partial charge in [-0.3, -0.25) is 0 Å². The van der Waals surface area contributed by atoms with Crippen molar-refractivity contribution in [1.82, 2.24) is 40.6 Å². The number of nitrogens with two attached hydrogens (primary N) is 2. The number of hydrogen-bond donors (Lipinski definition) is 2. The molecule has 0 radical (unpaired) electrons. The van der Waals surface area contributed by atoms with E-state index < -0.39 is 0 Å². The number of ether oxygens (including phenoxy) is 3. The Morgan fingerprint density at radius 3 is 1.57 bits per heavy atom. The predicted octanol–water partition coefficient (Wildman–Crippen LogP) is 0.0628. The van der Waals surface area contributed by atoms with Crippen molar-refractivity contribution in [2.75, 3.05) is 37.9 Å². The highest BCUT2D eigenvalue weighted by Gasteiger charge is 2.04. The van der Waals surface area contributed by atoms with Crippen molar-refractivity contribution >= 4 is 24.3 Å². The first-order valence-corrected chi connectivity index (χ1v) is 10.4. The third-order valence-electron chi connectivity index (χ3n) is 4.37. The lowest BCUT2D eigenvalue weighted by molar-refractivity contribution is 0.0764. The summed E-state index contributed by atoms with van der Waals surface area (Å²) < 4.78 is 17.2. The number of hydrogen-bond acceptors (Lipinski definition) is 13. The van der Waals surface area contributed by atoms with E-state index in [-0.39, 0.29) is 11.9 Å². The van der Waals surface area contributed by atoms with Crippen molar-refractivity contribution in [1.29, 1.82) is 0 Å². The van der Waals surface area contributed by atoms with Gasteiger partial charge in [0.05, 0.1) is 25.6 Å². The van der Waals surface area contributed by atoms with E-state index in [4.69, 9.17) is 25.7 Å². The molecule has 15 nitrogen and oxygen atoms in total. The maximum atomic E-state index is 5.80. The summed E-state index contributed by atoms with van der Waals surface area (Å²) in [6.45, 7) is 1.43. The summed E-state index contributed by atoms with van der Waals surface area (Å²) in [6, 6.07) is 14.8. The fourth-order valence-electron chi connectivity index (χ4n) is 2.74. The SMILES string of the molecule is Nc1nnnn1N=Cc1ccccc1OCCOCCOc1ccccc1C=Nn1nnnc1N. The maximum Gasteiger partial charge on any atom is 0.263 e. The molecule has 4 aromatic rings. The van der Waals surface area contributed by atoms with Crippen molar-refractivity contribution in [2.45, 2.75) is 0 Å². The van der Waals surface area contributed by atoms with Crippen molar-refractivity contribution in [3.05, 3.63) is 59.7 Å². The highest BCUT2D eigenvalue weighted by Crippen LogP contribution is 2.17. The first kappa shape index (κ1) is 23.2. The summed E-state index contributed by atoms with van der Waals surface area (Å²) in [5, 5.41) is 29.5. The van der Waals surface area contributed by atoms with Crippen molar-refractivity contribution < 1.29 is 14.2 Å².